The Kier molecular flexibility index (Phi) is 3.82. The lowest BCUT2D eigenvalue weighted by Crippen LogP contribution is -2.02. The lowest BCUT2D eigenvalue weighted by atomic mass is 10.3. The molecule has 23 heavy (non-hydrogen) atoms. The van der Waals surface area contributed by atoms with Crippen molar-refractivity contribution in [2.45, 2.75) is 9.79 Å². The molecule has 3 aromatic rings. The van der Waals surface area contributed by atoms with Gasteiger partial charge < -0.3 is 0 Å². The van der Waals surface area contributed by atoms with Crippen molar-refractivity contribution < 1.29 is 8.42 Å². The fourth-order valence-corrected chi connectivity index (χ4v) is 3.52. The quantitative estimate of drug-likeness (QED) is 0.585. The van der Waals surface area contributed by atoms with Crippen molar-refractivity contribution in [1.82, 2.24) is 14.8 Å². The van der Waals surface area contributed by atoms with E-state index in [1.807, 2.05) is 0 Å². The second-order valence-corrected chi connectivity index (χ2v) is 6.97. The predicted octanol–water partition coefficient (Wildman–Crippen LogP) is 3.31. The number of aromatic nitrogens is 3. The van der Waals surface area contributed by atoms with E-state index < -0.39 is 9.84 Å². The van der Waals surface area contributed by atoms with E-state index in [1.165, 1.54) is 42.7 Å². The smallest absolute Gasteiger partial charge is 0.206 e. The Hall–Kier alpha value is -2.76. The predicted molar refractivity (Wildman–Crippen MR) is 86.9 cm³/mol. The molecule has 8 heteroatoms. The van der Waals surface area contributed by atoms with Crippen molar-refractivity contribution in [1.29, 1.82) is 0 Å². The first-order valence-electron chi connectivity index (χ1n) is 6.47. The molecule has 2 aromatic carbocycles. The zero-order chi connectivity index (χ0) is 16.4. The fraction of sp³-hybridized carbons (Fsp3) is 0. The summed E-state index contributed by atoms with van der Waals surface area (Å²) in [5, 5.41) is 6.46. The normalized spacial score (nSPS) is 11.1. The van der Waals surface area contributed by atoms with Gasteiger partial charge in [-0.2, -0.15) is 5.10 Å². The van der Waals surface area contributed by atoms with Gasteiger partial charge >= 0.3 is 0 Å². The van der Waals surface area contributed by atoms with E-state index in [-0.39, 0.29) is 9.79 Å². The van der Waals surface area contributed by atoms with E-state index in [4.69, 9.17) is 18.8 Å². The number of benzene rings is 2. The van der Waals surface area contributed by atoms with Gasteiger partial charge in [0.1, 0.15) is 6.33 Å². The average Bonchev–Trinajstić information content (AvgIpc) is 3.01. The van der Waals surface area contributed by atoms with Gasteiger partial charge in [0, 0.05) is 5.69 Å². The third-order valence-electron chi connectivity index (χ3n) is 3.25. The lowest BCUT2D eigenvalue weighted by Gasteiger charge is -2.06. The molecule has 0 aliphatic heterocycles. The second-order valence-electron chi connectivity index (χ2n) is 4.63. The number of H-pyrrole nitrogens is 1. The average molecular weight is 342 g/mol. The van der Waals surface area contributed by atoms with Crippen molar-refractivity contribution in [2.75, 3.05) is 0 Å². The largest absolute Gasteiger partial charge is 0.275 e. The number of hydrogen-bond acceptors (Lipinski definition) is 4. The number of nitrogens with zero attached hydrogens (tertiary/aromatic N) is 3. The van der Waals surface area contributed by atoms with E-state index >= 15 is 0 Å². The van der Waals surface area contributed by atoms with Crippen LogP contribution in [0.25, 0.3) is 10.5 Å². The van der Waals surface area contributed by atoms with Crippen molar-refractivity contribution >= 4 is 27.7 Å². The Morgan fingerprint density at radius 1 is 1.04 bits per heavy atom. The first-order valence-corrected chi connectivity index (χ1v) is 8.36. The molecule has 0 spiro atoms. The molecule has 3 rings (SSSR count). The molecular weight excluding hydrogens is 332 g/mol. The molecule has 1 heterocycles. The van der Waals surface area contributed by atoms with Crippen LogP contribution in [0.15, 0.2) is 64.6 Å². The third kappa shape index (κ3) is 2.79. The Morgan fingerprint density at radius 2 is 1.61 bits per heavy atom. The molecule has 1 N–H and O–H groups in total. The van der Waals surface area contributed by atoms with Crippen molar-refractivity contribution in [3.05, 3.63) is 71.0 Å². The van der Waals surface area contributed by atoms with Gasteiger partial charge in [-0.15, -0.1) is 0 Å². The van der Waals surface area contributed by atoms with Gasteiger partial charge in [0.05, 0.1) is 16.4 Å². The summed E-state index contributed by atoms with van der Waals surface area (Å²) in [5.74, 6) is 0. The van der Waals surface area contributed by atoms with Crippen LogP contribution in [0.2, 0.25) is 0 Å². The number of rotatable bonds is 3. The van der Waals surface area contributed by atoms with Crippen LogP contribution in [0.3, 0.4) is 0 Å². The zero-order valence-corrected chi connectivity index (χ0v) is 13.3. The molecule has 0 unspecified atom stereocenters. The van der Waals surface area contributed by atoms with Crippen LogP contribution in [-0.2, 0) is 9.84 Å². The topological polar surface area (TPSA) is 72.1 Å². The van der Waals surface area contributed by atoms with E-state index in [0.717, 1.165) is 0 Å². The molecule has 0 fully saturated rings. The summed E-state index contributed by atoms with van der Waals surface area (Å²) in [6, 6.07) is 12.2. The van der Waals surface area contributed by atoms with Crippen LogP contribution >= 0.6 is 12.2 Å². The van der Waals surface area contributed by atoms with Crippen molar-refractivity contribution in [3.63, 3.8) is 0 Å². The second kappa shape index (κ2) is 5.79. The molecule has 1 aromatic heterocycles. The molecule has 114 valence electrons. The van der Waals surface area contributed by atoms with E-state index in [1.54, 1.807) is 16.7 Å². The molecule has 0 radical (unpaired) electrons. The molecule has 0 aliphatic carbocycles. The third-order valence-corrected chi connectivity index (χ3v) is 5.33. The highest BCUT2D eigenvalue weighted by Gasteiger charge is 2.17. The van der Waals surface area contributed by atoms with Gasteiger partial charge in [0.25, 0.3) is 0 Å². The molecule has 0 saturated carbocycles. The summed E-state index contributed by atoms with van der Waals surface area (Å²) in [5.41, 5.74) is 1.11. The van der Waals surface area contributed by atoms with Gasteiger partial charge in [-0.1, -0.05) is 24.3 Å². The summed E-state index contributed by atoms with van der Waals surface area (Å²) in [7, 11) is -3.62. The highest BCUT2D eigenvalue weighted by molar-refractivity contribution is 7.91. The van der Waals surface area contributed by atoms with Gasteiger partial charge in [-0.3, -0.25) is 9.67 Å². The summed E-state index contributed by atoms with van der Waals surface area (Å²) < 4.78 is 27.2. The molecule has 0 aliphatic rings. The number of aromatic amines is 1. The Bertz CT molecular complexity index is 1040. The zero-order valence-electron chi connectivity index (χ0n) is 11.7. The first kappa shape index (κ1) is 15.1. The highest BCUT2D eigenvalue weighted by Crippen LogP contribution is 2.24. The Morgan fingerprint density at radius 3 is 2.09 bits per heavy atom. The summed E-state index contributed by atoms with van der Waals surface area (Å²) in [4.78, 5) is 3.57. The first-order chi connectivity index (χ1) is 11.0. The number of sulfone groups is 1. The van der Waals surface area contributed by atoms with Crippen LogP contribution < -0.4 is 0 Å². The highest BCUT2D eigenvalue weighted by atomic mass is 32.2. The molecule has 0 atom stereocenters. The van der Waals surface area contributed by atoms with E-state index in [2.05, 4.69) is 15.0 Å². The molecule has 0 bridgehead atoms. The summed E-state index contributed by atoms with van der Waals surface area (Å²) in [6.45, 7) is 6.90. The molecule has 0 amide bonds. The summed E-state index contributed by atoms with van der Waals surface area (Å²) >= 11 is 5.08. The molecule has 0 saturated heterocycles. The summed E-state index contributed by atoms with van der Waals surface area (Å²) in [6.07, 6.45) is 1.52. The number of nitrogens with one attached hydrogen (secondary N) is 1. The van der Waals surface area contributed by atoms with Gasteiger partial charge in [-0.05, 0) is 36.5 Å². The van der Waals surface area contributed by atoms with Crippen LogP contribution in [0.4, 0.5) is 5.69 Å². The van der Waals surface area contributed by atoms with E-state index in [9.17, 15) is 8.42 Å². The SMILES string of the molecule is [C-]#[N+]c1ccc(S(=O)(=O)c2ccc(-n3cn[nH]c3=S)cc2)cc1. The van der Waals surface area contributed by atoms with Crippen LogP contribution in [0.1, 0.15) is 0 Å². The standard InChI is InChI=1S/C15H10N4O2S2/c1-16-11-2-6-13(7-3-11)23(20,21)14-8-4-12(5-9-14)19-10-17-18-15(19)22/h2-10H,(H,18,22). The Balaban J connectivity index is 1.99. The maximum atomic E-state index is 12.6. The van der Waals surface area contributed by atoms with Crippen LogP contribution in [-0.4, -0.2) is 23.2 Å². The minimum atomic E-state index is -3.62. The van der Waals surface area contributed by atoms with Crippen LogP contribution in [0, 0.1) is 11.3 Å². The molecule has 6 nitrogen and oxygen atoms in total. The fourth-order valence-electron chi connectivity index (χ4n) is 2.05. The van der Waals surface area contributed by atoms with Gasteiger partial charge in [0.2, 0.25) is 9.84 Å². The monoisotopic (exact) mass is 342 g/mol. The van der Waals surface area contributed by atoms with Gasteiger partial charge in [0.15, 0.2) is 10.5 Å². The minimum Gasteiger partial charge on any atom is -0.275 e. The number of hydrogen-bond donors (Lipinski definition) is 1. The Labute approximate surface area is 137 Å². The van der Waals surface area contributed by atoms with Gasteiger partial charge in [-0.25, -0.2) is 13.3 Å². The van der Waals surface area contributed by atoms with E-state index in [0.29, 0.717) is 16.1 Å². The molecular formula is C15H10N4O2S2. The maximum Gasteiger partial charge on any atom is 0.206 e. The lowest BCUT2D eigenvalue weighted by molar-refractivity contribution is 0.596. The van der Waals surface area contributed by atoms with Crippen molar-refractivity contribution in [2.24, 2.45) is 0 Å². The maximum absolute atomic E-state index is 12.6. The van der Waals surface area contributed by atoms with Crippen LogP contribution in [0.5, 0.6) is 0 Å². The van der Waals surface area contributed by atoms with Crippen molar-refractivity contribution in [3.8, 4) is 5.69 Å². The minimum absolute atomic E-state index is 0.151.